The van der Waals surface area contributed by atoms with Crippen LogP contribution in [-0.4, -0.2) is 15.0 Å². The Morgan fingerprint density at radius 3 is 2.84 bits per heavy atom. The molecule has 0 aliphatic heterocycles. The summed E-state index contributed by atoms with van der Waals surface area (Å²) in [4.78, 5) is 14.1. The van der Waals surface area contributed by atoms with Crippen molar-refractivity contribution < 1.29 is 0 Å². The third-order valence-electron chi connectivity index (χ3n) is 2.23. The molecule has 0 atom stereocenters. The maximum Gasteiger partial charge on any atom is 0.164 e. The lowest BCUT2D eigenvalue weighted by molar-refractivity contribution is 1.18. The largest absolute Gasteiger partial charge is 0.260 e. The van der Waals surface area contributed by atoms with E-state index in [0.717, 1.165) is 26.1 Å². The van der Waals surface area contributed by atoms with Crippen LogP contribution in [-0.2, 0) is 5.75 Å². The number of thiazole rings is 1. The Hall–Kier alpha value is -0.760. The van der Waals surface area contributed by atoms with Crippen LogP contribution in [0.2, 0.25) is 0 Å². The topological polar surface area (TPSA) is 38.7 Å². The summed E-state index contributed by atoms with van der Waals surface area (Å²) in [5.74, 6) is 0.904. The Bertz CT molecular complexity index is 623. The van der Waals surface area contributed by atoms with Gasteiger partial charge in [-0.1, -0.05) is 28.2 Å². The Labute approximate surface area is 126 Å². The molecular weight excluding hydrogens is 314 g/mol. The van der Waals surface area contributed by atoms with Crippen molar-refractivity contribution in [2.75, 3.05) is 0 Å². The lowest BCUT2D eigenvalue weighted by Gasteiger charge is -1.97. The van der Waals surface area contributed by atoms with Crippen molar-refractivity contribution >= 4 is 53.1 Å². The fourth-order valence-electron chi connectivity index (χ4n) is 1.41. The average molecular weight is 323 g/mol. The van der Waals surface area contributed by atoms with E-state index in [9.17, 15) is 0 Å². The second kappa shape index (κ2) is 6.60. The molecular formula is C12H9N3S4. The van der Waals surface area contributed by atoms with Gasteiger partial charge in [-0.25, -0.2) is 9.97 Å². The predicted molar refractivity (Wildman–Crippen MR) is 86.4 cm³/mol. The van der Waals surface area contributed by atoms with Gasteiger partial charge in [-0.3, -0.25) is 4.98 Å². The minimum Gasteiger partial charge on any atom is -0.260 e. The van der Waals surface area contributed by atoms with E-state index in [4.69, 9.17) is 0 Å². The minimum absolute atomic E-state index is 0.904. The van der Waals surface area contributed by atoms with E-state index in [1.54, 1.807) is 48.9 Å². The summed E-state index contributed by atoms with van der Waals surface area (Å²) in [6.45, 7) is 0. The summed E-state index contributed by atoms with van der Waals surface area (Å²) in [5.41, 5.74) is 2.08. The molecule has 0 aliphatic rings. The minimum atomic E-state index is 0.904. The zero-order valence-corrected chi connectivity index (χ0v) is 13.0. The molecule has 0 saturated heterocycles. The number of rotatable bonds is 5. The van der Waals surface area contributed by atoms with Crippen LogP contribution in [0.4, 0.5) is 0 Å². The first-order chi connectivity index (χ1) is 9.42. The molecule has 0 saturated carbocycles. The predicted octanol–water partition coefficient (Wildman–Crippen LogP) is 4.68. The molecule has 0 aliphatic carbocycles. The highest BCUT2D eigenvalue weighted by Crippen LogP contribution is 2.43. The summed E-state index contributed by atoms with van der Waals surface area (Å²) in [6.07, 6.45) is 3.63. The van der Waals surface area contributed by atoms with Gasteiger partial charge in [0.1, 0.15) is 10.3 Å². The van der Waals surface area contributed by atoms with Crippen LogP contribution in [0.1, 0.15) is 5.69 Å². The molecule has 0 spiro atoms. The maximum atomic E-state index is 4.53. The molecule has 0 unspecified atom stereocenters. The van der Waals surface area contributed by atoms with Gasteiger partial charge >= 0.3 is 0 Å². The standard InChI is InChI=1S/C12H9N3S4/c1-2-6-13-9(4-1)8-16-19-18-12-15-10-5-3-7-14-11(10)17-12/h1-7H,8H2. The normalized spacial score (nSPS) is 10.9. The van der Waals surface area contributed by atoms with Gasteiger partial charge in [0.05, 0.1) is 5.69 Å². The van der Waals surface area contributed by atoms with Crippen molar-refractivity contribution in [1.29, 1.82) is 0 Å². The van der Waals surface area contributed by atoms with E-state index in [2.05, 4.69) is 15.0 Å². The van der Waals surface area contributed by atoms with Crippen LogP contribution in [0.25, 0.3) is 10.3 Å². The quantitative estimate of drug-likeness (QED) is 0.501. The van der Waals surface area contributed by atoms with Gasteiger partial charge < -0.3 is 0 Å². The van der Waals surface area contributed by atoms with Crippen LogP contribution in [0, 0.1) is 0 Å². The van der Waals surface area contributed by atoms with Crippen LogP contribution < -0.4 is 0 Å². The molecule has 3 aromatic rings. The zero-order chi connectivity index (χ0) is 12.9. The number of hydrogen-bond acceptors (Lipinski definition) is 7. The first-order valence-electron chi connectivity index (χ1n) is 5.49. The Kier molecular flexibility index (Phi) is 4.60. The monoisotopic (exact) mass is 323 g/mol. The van der Waals surface area contributed by atoms with Crippen LogP contribution in [0.15, 0.2) is 47.1 Å². The highest BCUT2D eigenvalue weighted by Gasteiger charge is 2.05. The lowest BCUT2D eigenvalue weighted by atomic mass is 10.4. The molecule has 7 heteroatoms. The van der Waals surface area contributed by atoms with Gasteiger partial charge in [-0.2, -0.15) is 0 Å². The highest BCUT2D eigenvalue weighted by molar-refractivity contribution is 9.09. The number of nitrogens with zero attached hydrogens (tertiary/aromatic N) is 3. The molecule has 0 aromatic carbocycles. The zero-order valence-electron chi connectivity index (χ0n) is 9.72. The van der Waals surface area contributed by atoms with Crippen LogP contribution >= 0.6 is 42.8 Å². The van der Waals surface area contributed by atoms with Crippen LogP contribution in [0.3, 0.4) is 0 Å². The van der Waals surface area contributed by atoms with Crippen molar-refractivity contribution in [2.24, 2.45) is 0 Å². The highest BCUT2D eigenvalue weighted by atomic mass is 33.5. The molecule has 0 fully saturated rings. The van der Waals surface area contributed by atoms with E-state index in [1.165, 1.54) is 0 Å². The molecule has 3 nitrogen and oxygen atoms in total. The number of hydrogen-bond donors (Lipinski definition) is 0. The smallest absolute Gasteiger partial charge is 0.164 e. The first-order valence-corrected chi connectivity index (χ1v) is 9.96. The number of aromatic nitrogens is 3. The van der Waals surface area contributed by atoms with E-state index in [-0.39, 0.29) is 0 Å². The summed E-state index contributed by atoms with van der Waals surface area (Å²) in [6, 6.07) is 9.90. The molecule has 3 aromatic heterocycles. The van der Waals surface area contributed by atoms with Crippen molar-refractivity contribution in [3.63, 3.8) is 0 Å². The molecule has 96 valence electrons. The van der Waals surface area contributed by atoms with Gasteiger partial charge in [0, 0.05) is 18.1 Å². The fourth-order valence-corrected chi connectivity index (χ4v) is 6.39. The third-order valence-corrected chi connectivity index (χ3v) is 7.43. The maximum absolute atomic E-state index is 4.53. The molecule has 0 bridgehead atoms. The molecule has 3 heterocycles. The van der Waals surface area contributed by atoms with Gasteiger partial charge in [0.25, 0.3) is 0 Å². The lowest BCUT2D eigenvalue weighted by Crippen LogP contribution is -1.81. The fraction of sp³-hybridized carbons (Fsp3) is 0.0833. The van der Waals surface area contributed by atoms with Crippen molar-refractivity contribution in [3.8, 4) is 0 Å². The van der Waals surface area contributed by atoms with Gasteiger partial charge in [0.2, 0.25) is 0 Å². The number of fused-ring (bicyclic) bond motifs is 1. The van der Waals surface area contributed by atoms with Crippen molar-refractivity contribution in [2.45, 2.75) is 10.1 Å². The van der Waals surface area contributed by atoms with Gasteiger partial charge in [-0.15, -0.1) is 0 Å². The summed E-state index contributed by atoms with van der Waals surface area (Å²) in [5, 5.41) is 0. The van der Waals surface area contributed by atoms with Gasteiger partial charge in [-0.05, 0) is 44.9 Å². The number of pyridine rings is 2. The molecule has 19 heavy (non-hydrogen) atoms. The third kappa shape index (κ3) is 3.62. The van der Waals surface area contributed by atoms with Crippen molar-refractivity contribution in [1.82, 2.24) is 15.0 Å². The summed E-state index contributed by atoms with van der Waals surface area (Å²) in [7, 11) is 5.19. The van der Waals surface area contributed by atoms with Crippen LogP contribution in [0.5, 0.6) is 0 Å². The van der Waals surface area contributed by atoms with E-state index in [0.29, 0.717) is 0 Å². The SMILES string of the molecule is c1ccc(CSSSc2nc3cccnc3s2)nc1. The molecule has 3 rings (SSSR count). The molecule has 0 radical (unpaired) electrons. The first kappa shape index (κ1) is 13.2. The van der Waals surface area contributed by atoms with E-state index < -0.39 is 0 Å². The average Bonchev–Trinajstić information content (AvgIpc) is 2.87. The Balaban J connectivity index is 1.52. The Morgan fingerprint density at radius 2 is 2.00 bits per heavy atom. The van der Waals surface area contributed by atoms with Crippen molar-refractivity contribution in [3.05, 3.63) is 48.4 Å². The Morgan fingerprint density at radius 1 is 1.05 bits per heavy atom. The summed E-state index contributed by atoms with van der Waals surface area (Å²) >= 11 is 1.63. The van der Waals surface area contributed by atoms with Gasteiger partial charge in [0.15, 0.2) is 4.34 Å². The summed E-state index contributed by atoms with van der Waals surface area (Å²) < 4.78 is 1.05. The second-order valence-corrected chi connectivity index (χ2v) is 8.83. The van der Waals surface area contributed by atoms with E-state index >= 15 is 0 Å². The molecule has 0 N–H and O–H groups in total. The van der Waals surface area contributed by atoms with E-state index in [1.807, 2.05) is 36.5 Å². The molecule has 0 amide bonds. The second-order valence-electron chi connectivity index (χ2n) is 3.54.